The number of hydrogen-bond acceptors (Lipinski definition) is 3. The fraction of sp³-hybridized carbons (Fsp3) is 0.400. The van der Waals surface area contributed by atoms with E-state index in [0.717, 1.165) is 16.3 Å². The molecule has 3 nitrogen and oxygen atoms in total. The molecule has 14 heavy (non-hydrogen) atoms. The van der Waals surface area contributed by atoms with Crippen molar-refractivity contribution in [3.8, 4) is 0 Å². The maximum Gasteiger partial charge on any atom is 0.170 e. The Morgan fingerprint density at radius 2 is 2.21 bits per heavy atom. The lowest BCUT2D eigenvalue weighted by Gasteiger charge is -2.09. The first kappa shape index (κ1) is 9.52. The SMILES string of the molecule is CSc1nc2cccnc2n1C(C)C. The number of aromatic nitrogens is 3. The number of rotatable bonds is 2. The summed E-state index contributed by atoms with van der Waals surface area (Å²) in [7, 11) is 0. The molecule has 2 aromatic heterocycles. The molecule has 0 aliphatic rings. The fourth-order valence-electron chi connectivity index (χ4n) is 1.52. The highest BCUT2D eigenvalue weighted by Crippen LogP contribution is 2.24. The van der Waals surface area contributed by atoms with Crippen LogP contribution in [0.25, 0.3) is 11.2 Å². The van der Waals surface area contributed by atoms with Crippen LogP contribution in [-0.2, 0) is 0 Å². The van der Waals surface area contributed by atoms with Crippen molar-refractivity contribution in [1.29, 1.82) is 0 Å². The van der Waals surface area contributed by atoms with Gasteiger partial charge in [-0.2, -0.15) is 0 Å². The lowest BCUT2D eigenvalue weighted by atomic mass is 10.4. The largest absolute Gasteiger partial charge is 0.301 e. The van der Waals surface area contributed by atoms with E-state index in [1.807, 2.05) is 24.6 Å². The molecule has 0 atom stereocenters. The first-order valence-electron chi connectivity index (χ1n) is 4.61. The highest BCUT2D eigenvalue weighted by Gasteiger charge is 2.12. The highest BCUT2D eigenvalue weighted by atomic mass is 32.2. The molecular weight excluding hydrogens is 194 g/mol. The van der Waals surface area contributed by atoms with Crippen LogP contribution in [0.1, 0.15) is 19.9 Å². The van der Waals surface area contributed by atoms with Crippen molar-refractivity contribution < 1.29 is 0 Å². The molecule has 74 valence electrons. The zero-order valence-corrected chi connectivity index (χ0v) is 9.38. The zero-order valence-electron chi connectivity index (χ0n) is 8.56. The van der Waals surface area contributed by atoms with E-state index in [1.165, 1.54) is 0 Å². The third-order valence-electron chi connectivity index (χ3n) is 2.12. The average molecular weight is 207 g/mol. The maximum atomic E-state index is 4.52. The first-order chi connectivity index (χ1) is 6.74. The van der Waals surface area contributed by atoms with Crippen LogP contribution in [0.15, 0.2) is 23.5 Å². The molecule has 0 N–H and O–H groups in total. The number of thioether (sulfide) groups is 1. The van der Waals surface area contributed by atoms with E-state index in [2.05, 4.69) is 28.4 Å². The van der Waals surface area contributed by atoms with Gasteiger partial charge in [0.15, 0.2) is 10.8 Å². The lowest BCUT2D eigenvalue weighted by Crippen LogP contribution is -2.02. The van der Waals surface area contributed by atoms with E-state index in [9.17, 15) is 0 Å². The normalized spacial score (nSPS) is 11.4. The van der Waals surface area contributed by atoms with Crippen LogP contribution >= 0.6 is 11.8 Å². The van der Waals surface area contributed by atoms with Crippen molar-refractivity contribution in [3.63, 3.8) is 0 Å². The van der Waals surface area contributed by atoms with Gasteiger partial charge >= 0.3 is 0 Å². The molecule has 0 amide bonds. The predicted octanol–water partition coefficient (Wildman–Crippen LogP) is 2.73. The van der Waals surface area contributed by atoms with Gasteiger partial charge in [-0.15, -0.1) is 0 Å². The van der Waals surface area contributed by atoms with Gasteiger partial charge in [-0.1, -0.05) is 11.8 Å². The Morgan fingerprint density at radius 3 is 2.86 bits per heavy atom. The second kappa shape index (κ2) is 3.61. The van der Waals surface area contributed by atoms with E-state index in [4.69, 9.17) is 0 Å². The second-order valence-electron chi connectivity index (χ2n) is 3.41. The number of nitrogens with zero attached hydrogens (tertiary/aromatic N) is 3. The Hall–Kier alpha value is -1.03. The van der Waals surface area contributed by atoms with E-state index in [-0.39, 0.29) is 0 Å². The Morgan fingerprint density at radius 1 is 1.43 bits per heavy atom. The third kappa shape index (κ3) is 1.39. The first-order valence-corrected chi connectivity index (χ1v) is 5.83. The van der Waals surface area contributed by atoms with Crippen LogP contribution in [0, 0.1) is 0 Å². The molecule has 2 rings (SSSR count). The molecule has 0 spiro atoms. The molecular formula is C10H13N3S. The molecule has 0 saturated carbocycles. The Kier molecular flexibility index (Phi) is 2.46. The van der Waals surface area contributed by atoms with E-state index in [1.54, 1.807) is 11.8 Å². The molecule has 0 bridgehead atoms. The highest BCUT2D eigenvalue weighted by molar-refractivity contribution is 7.98. The van der Waals surface area contributed by atoms with Gasteiger partial charge in [0.05, 0.1) is 0 Å². The summed E-state index contributed by atoms with van der Waals surface area (Å²) in [5.41, 5.74) is 1.96. The fourth-order valence-corrected chi connectivity index (χ4v) is 2.20. The summed E-state index contributed by atoms with van der Waals surface area (Å²) in [6, 6.07) is 4.32. The summed E-state index contributed by atoms with van der Waals surface area (Å²) >= 11 is 1.66. The van der Waals surface area contributed by atoms with Crippen molar-refractivity contribution in [2.45, 2.75) is 25.0 Å². The molecule has 4 heteroatoms. The number of fused-ring (bicyclic) bond motifs is 1. The minimum Gasteiger partial charge on any atom is -0.301 e. The van der Waals surface area contributed by atoms with Gasteiger partial charge in [-0.05, 0) is 32.2 Å². The number of imidazole rings is 1. The Balaban J connectivity index is 2.74. The second-order valence-corrected chi connectivity index (χ2v) is 4.18. The van der Waals surface area contributed by atoms with E-state index in [0.29, 0.717) is 6.04 Å². The van der Waals surface area contributed by atoms with Crippen molar-refractivity contribution in [3.05, 3.63) is 18.3 Å². The van der Waals surface area contributed by atoms with Crippen LogP contribution in [0.4, 0.5) is 0 Å². The van der Waals surface area contributed by atoms with Gasteiger partial charge in [0, 0.05) is 12.2 Å². The summed E-state index contributed by atoms with van der Waals surface area (Å²) in [6.07, 6.45) is 3.85. The van der Waals surface area contributed by atoms with Gasteiger partial charge in [-0.25, -0.2) is 9.97 Å². The molecule has 0 aliphatic heterocycles. The molecule has 0 fully saturated rings. The van der Waals surface area contributed by atoms with Crippen LogP contribution in [-0.4, -0.2) is 20.8 Å². The standard InChI is InChI=1S/C10H13N3S/c1-7(2)13-9-8(5-4-6-11-9)12-10(13)14-3/h4-7H,1-3H3. The van der Waals surface area contributed by atoms with Gasteiger partial charge < -0.3 is 4.57 Å². The molecule has 2 heterocycles. The smallest absolute Gasteiger partial charge is 0.170 e. The molecule has 2 aromatic rings. The number of pyridine rings is 1. The van der Waals surface area contributed by atoms with Crippen molar-refractivity contribution >= 4 is 22.9 Å². The van der Waals surface area contributed by atoms with Crippen LogP contribution in [0.3, 0.4) is 0 Å². The van der Waals surface area contributed by atoms with E-state index < -0.39 is 0 Å². The van der Waals surface area contributed by atoms with Crippen molar-refractivity contribution in [2.24, 2.45) is 0 Å². The zero-order chi connectivity index (χ0) is 10.1. The molecule has 0 unspecified atom stereocenters. The predicted molar refractivity (Wildman–Crippen MR) is 59.7 cm³/mol. The van der Waals surface area contributed by atoms with Crippen LogP contribution < -0.4 is 0 Å². The summed E-state index contributed by atoms with van der Waals surface area (Å²) < 4.78 is 2.17. The third-order valence-corrected chi connectivity index (χ3v) is 2.77. The van der Waals surface area contributed by atoms with Gasteiger partial charge in [0.1, 0.15) is 5.52 Å². The monoisotopic (exact) mass is 207 g/mol. The van der Waals surface area contributed by atoms with Crippen LogP contribution in [0.2, 0.25) is 0 Å². The quantitative estimate of drug-likeness (QED) is 0.709. The minimum atomic E-state index is 0.400. The van der Waals surface area contributed by atoms with Gasteiger partial charge in [0.25, 0.3) is 0 Å². The topological polar surface area (TPSA) is 30.7 Å². The van der Waals surface area contributed by atoms with Crippen molar-refractivity contribution in [2.75, 3.05) is 6.26 Å². The van der Waals surface area contributed by atoms with Crippen molar-refractivity contribution in [1.82, 2.24) is 14.5 Å². The molecule has 0 radical (unpaired) electrons. The summed E-state index contributed by atoms with van der Waals surface area (Å²) in [6.45, 7) is 4.30. The Bertz CT molecular complexity index is 448. The summed E-state index contributed by atoms with van der Waals surface area (Å²) in [4.78, 5) is 8.87. The van der Waals surface area contributed by atoms with Gasteiger partial charge in [0.2, 0.25) is 0 Å². The van der Waals surface area contributed by atoms with Gasteiger partial charge in [-0.3, -0.25) is 0 Å². The molecule has 0 saturated heterocycles. The van der Waals surface area contributed by atoms with Crippen LogP contribution in [0.5, 0.6) is 0 Å². The molecule has 0 aliphatic carbocycles. The lowest BCUT2D eigenvalue weighted by molar-refractivity contribution is 0.563. The average Bonchev–Trinajstić information content (AvgIpc) is 2.55. The minimum absolute atomic E-state index is 0.400. The molecule has 0 aromatic carbocycles. The number of hydrogen-bond donors (Lipinski definition) is 0. The van der Waals surface area contributed by atoms with E-state index >= 15 is 0 Å². The summed E-state index contributed by atoms with van der Waals surface area (Å²) in [5.74, 6) is 0. The Labute approximate surface area is 87.6 Å². The maximum absolute atomic E-state index is 4.52. The summed E-state index contributed by atoms with van der Waals surface area (Å²) in [5, 5.41) is 1.04.